The first-order valence-corrected chi connectivity index (χ1v) is 11.7. The van der Waals surface area contributed by atoms with E-state index in [1.165, 1.54) is 21.3 Å². The Labute approximate surface area is 190 Å². The normalized spacial score (nSPS) is 12.7. The lowest BCUT2D eigenvalue weighted by molar-refractivity contribution is -0.119. The van der Waals surface area contributed by atoms with Crippen LogP contribution in [-0.4, -0.2) is 49.5 Å². The zero-order valence-electron chi connectivity index (χ0n) is 17.6. The van der Waals surface area contributed by atoms with E-state index in [4.69, 9.17) is 4.74 Å². The van der Waals surface area contributed by atoms with Crippen LogP contribution in [0.4, 0.5) is 11.5 Å². The number of sulfonamides is 1. The summed E-state index contributed by atoms with van der Waals surface area (Å²) in [7, 11) is -3.39. The van der Waals surface area contributed by atoms with Crippen LogP contribution >= 0.6 is 0 Å². The summed E-state index contributed by atoms with van der Waals surface area (Å²) in [5.74, 6) is -1.19. The molecule has 1 amide bonds. The lowest BCUT2D eigenvalue weighted by Crippen LogP contribution is -2.27. The average Bonchev–Trinajstić information content (AvgIpc) is 3.41. The second-order valence-corrected chi connectivity index (χ2v) is 9.23. The van der Waals surface area contributed by atoms with Gasteiger partial charge in [0.1, 0.15) is 11.6 Å². The van der Waals surface area contributed by atoms with Crippen molar-refractivity contribution in [2.75, 3.05) is 29.0 Å². The lowest BCUT2D eigenvalue weighted by atomic mass is 10.1. The van der Waals surface area contributed by atoms with Crippen LogP contribution in [0, 0.1) is 11.3 Å². The second kappa shape index (κ2) is 8.76. The van der Waals surface area contributed by atoms with Gasteiger partial charge in [0.15, 0.2) is 12.4 Å². The highest BCUT2D eigenvalue weighted by atomic mass is 32.2. The minimum atomic E-state index is -3.39. The highest BCUT2D eigenvalue weighted by molar-refractivity contribution is 7.92. The number of amides is 1. The maximum Gasteiger partial charge on any atom is 0.338 e. The van der Waals surface area contributed by atoms with E-state index in [1.54, 1.807) is 36.4 Å². The van der Waals surface area contributed by atoms with Crippen LogP contribution in [0.2, 0.25) is 0 Å². The van der Waals surface area contributed by atoms with Gasteiger partial charge in [0, 0.05) is 6.54 Å². The fourth-order valence-corrected chi connectivity index (χ4v) is 4.50. The van der Waals surface area contributed by atoms with Crippen LogP contribution < -0.4 is 9.62 Å². The van der Waals surface area contributed by atoms with Gasteiger partial charge in [-0.3, -0.25) is 9.10 Å². The van der Waals surface area contributed by atoms with Crippen LogP contribution in [0.1, 0.15) is 21.5 Å². The molecule has 1 aromatic heterocycles. The van der Waals surface area contributed by atoms with Crippen molar-refractivity contribution < 1.29 is 22.7 Å². The lowest BCUT2D eigenvalue weighted by Gasteiger charge is -2.16. The molecule has 0 saturated heterocycles. The van der Waals surface area contributed by atoms with Gasteiger partial charge in [-0.25, -0.2) is 17.9 Å². The number of benzene rings is 2. The highest BCUT2D eigenvalue weighted by Gasteiger charge is 2.27. The van der Waals surface area contributed by atoms with Crippen LogP contribution in [-0.2, 0) is 26.0 Å². The van der Waals surface area contributed by atoms with E-state index in [-0.39, 0.29) is 16.9 Å². The summed E-state index contributed by atoms with van der Waals surface area (Å²) in [6.45, 7) is -0.262. The molecule has 0 unspecified atom stereocenters. The molecule has 3 aromatic rings. The Bertz CT molecular complexity index is 1380. The van der Waals surface area contributed by atoms with Crippen molar-refractivity contribution in [1.82, 2.24) is 9.78 Å². The van der Waals surface area contributed by atoms with Gasteiger partial charge in [0.05, 0.1) is 29.4 Å². The van der Waals surface area contributed by atoms with Crippen molar-refractivity contribution in [3.63, 3.8) is 0 Å². The molecule has 0 aliphatic carbocycles. The molecule has 0 radical (unpaired) electrons. The summed E-state index contributed by atoms with van der Waals surface area (Å²) >= 11 is 0. The van der Waals surface area contributed by atoms with Crippen LogP contribution in [0.5, 0.6) is 0 Å². The molecule has 33 heavy (non-hydrogen) atoms. The number of hydrogen-bond donors (Lipinski definition) is 1. The fraction of sp³-hybridized carbons (Fsp3) is 0.182. The van der Waals surface area contributed by atoms with Crippen LogP contribution in [0.25, 0.3) is 5.69 Å². The van der Waals surface area contributed by atoms with Gasteiger partial charge in [0.2, 0.25) is 10.0 Å². The molecule has 0 saturated carbocycles. The zero-order chi connectivity index (χ0) is 23.6. The number of fused-ring (bicyclic) bond motifs is 1. The van der Waals surface area contributed by atoms with E-state index in [2.05, 4.69) is 10.4 Å². The number of para-hydroxylation sites is 1. The number of nitriles is 1. The molecule has 2 heterocycles. The first-order chi connectivity index (χ1) is 15.8. The number of carbonyl (C=O) groups excluding carboxylic acids is 2. The average molecular weight is 465 g/mol. The summed E-state index contributed by atoms with van der Waals surface area (Å²) < 4.78 is 31.5. The van der Waals surface area contributed by atoms with E-state index in [0.29, 0.717) is 29.9 Å². The number of nitrogens with one attached hydrogen (secondary N) is 1. The van der Waals surface area contributed by atoms with Gasteiger partial charge >= 0.3 is 5.97 Å². The maximum absolute atomic E-state index is 12.4. The summed E-state index contributed by atoms with van der Waals surface area (Å²) in [5, 5.41) is 16.0. The summed E-state index contributed by atoms with van der Waals surface area (Å²) in [4.78, 5) is 24.9. The largest absolute Gasteiger partial charge is 0.452 e. The topological polar surface area (TPSA) is 134 Å². The highest BCUT2D eigenvalue weighted by Crippen LogP contribution is 2.30. The maximum atomic E-state index is 12.4. The standard InChI is InChI=1S/C22H19N5O5S/c1-33(30,31)26-10-9-15-11-16(7-8-19(15)26)22(29)32-14-20(28)25-21-17(12-23)13-24-27(21)18-5-3-2-4-6-18/h2-8,11,13H,9-10,14H2,1H3,(H,25,28). The van der Waals surface area contributed by atoms with Gasteiger partial charge in [-0.05, 0) is 42.3 Å². The molecule has 1 aliphatic rings. The van der Waals surface area contributed by atoms with Gasteiger partial charge in [-0.1, -0.05) is 18.2 Å². The van der Waals surface area contributed by atoms with E-state index in [0.717, 1.165) is 6.26 Å². The number of ether oxygens (including phenoxy) is 1. The quantitative estimate of drug-likeness (QED) is 0.549. The monoisotopic (exact) mass is 465 g/mol. The van der Waals surface area contributed by atoms with Crippen molar-refractivity contribution in [2.24, 2.45) is 0 Å². The third-order valence-electron chi connectivity index (χ3n) is 5.05. The number of carbonyl (C=O) groups is 2. The van der Waals surface area contributed by atoms with E-state index < -0.39 is 28.5 Å². The van der Waals surface area contributed by atoms with Gasteiger partial charge in [-0.15, -0.1) is 0 Å². The Morgan fingerprint density at radius 1 is 1.21 bits per heavy atom. The first kappa shape index (κ1) is 22.0. The fourth-order valence-electron chi connectivity index (χ4n) is 3.54. The Balaban J connectivity index is 1.43. The summed E-state index contributed by atoms with van der Waals surface area (Å²) in [6, 6.07) is 15.5. The first-order valence-electron chi connectivity index (χ1n) is 9.89. The SMILES string of the molecule is CS(=O)(=O)N1CCc2cc(C(=O)OCC(=O)Nc3c(C#N)cnn3-c3ccccc3)ccc21. The Morgan fingerprint density at radius 2 is 1.97 bits per heavy atom. The number of hydrogen-bond acceptors (Lipinski definition) is 7. The predicted octanol–water partition coefficient (Wildman–Crippen LogP) is 1.86. The van der Waals surface area contributed by atoms with Crippen molar-refractivity contribution in [2.45, 2.75) is 6.42 Å². The van der Waals surface area contributed by atoms with E-state index >= 15 is 0 Å². The van der Waals surface area contributed by atoms with Crippen LogP contribution in [0.3, 0.4) is 0 Å². The number of aromatic nitrogens is 2. The summed E-state index contributed by atoms with van der Waals surface area (Å²) in [5.41, 5.74) is 2.26. The second-order valence-electron chi connectivity index (χ2n) is 7.32. The van der Waals surface area contributed by atoms with Crippen molar-refractivity contribution in [3.05, 3.63) is 71.4 Å². The third-order valence-corrected chi connectivity index (χ3v) is 6.23. The molecule has 0 spiro atoms. The van der Waals surface area contributed by atoms with Gasteiger partial charge < -0.3 is 10.1 Å². The number of anilines is 2. The zero-order valence-corrected chi connectivity index (χ0v) is 18.4. The number of esters is 1. The molecule has 0 fully saturated rings. The molecule has 168 valence electrons. The Morgan fingerprint density at radius 3 is 2.67 bits per heavy atom. The molecule has 2 aromatic carbocycles. The van der Waals surface area contributed by atoms with Crippen LogP contribution in [0.15, 0.2) is 54.7 Å². The van der Waals surface area contributed by atoms with Gasteiger partial charge in [0.25, 0.3) is 5.91 Å². The third kappa shape index (κ3) is 4.56. The minimum Gasteiger partial charge on any atom is -0.452 e. The molecule has 0 bridgehead atoms. The van der Waals surface area contributed by atoms with Gasteiger partial charge in [-0.2, -0.15) is 10.4 Å². The van der Waals surface area contributed by atoms with Crippen molar-refractivity contribution in [3.8, 4) is 11.8 Å². The molecular formula is C22H19N5O5S. The molecule has 1 aliphatic heterocycles. The smallest absolute Gasteiger partial charge is 0.338 e. The predicted molar refractivity (Wildman–Crippen MR) is 120 cm³/mol. The Hall–Kier alpha value is -4.17. The molecule has 11 heteroatoms. The Kier molecular flexibility index (Phi) is 5.85. The number of nitrogens with zero attached hydrogens (tertiary/aromatic N) is 4. The van der Waals surface area contributed by atoms with Crippen molar-refractivity contribution >= 4 is 33.4 Å². The summed E-state index contributed by atoms with van der Waals surface area (Å²) in [6.07, 6.45) is 2.94. The molecule has 10 nitrogen and oxygen atoms in total. The molecule has 0 atom stereocenters. The van der Waals surface area contributed by atoms with Crippen molar-refractivity contribution in [1.29, 1.82) is 5.26 Å². The molecular weight excluding hydrogens is 446 g/mol. The van der Waals surface area contributed by atoms with E-state index in [1.807, 2.05) is 12.1 Å². The molecule has 4 rings (SSSR count). The minimum absolute atomic E-state index is 0.160. The number of rotatable bonds is 6. The van der Waals surface area contributed by atoms with E-state index in [9.17, 15) is 23.3 Å². The molecule has 1 N–H and O–H groups in total.